The van der Waals surface area contributed by atoms with Gasteiger partial charge in [-0.1, -0.05) is 6.07 Å². The summed E-state index contributed by atoms with van der Waals surface area (Å²) in [6, 6.07) is 7.23. The molecule has 26 heavy (non-hydrogen) atoms. The number of carboxylic acid groups (broad SMARTS) is 1. The Labute approximate surface area is 162 Å². The molecule has 1 fully saturated rings. The van der Waals surface area contributed by atoms with Gasteiger partial charge in [-0.15, -0.1) is 0 Å². The van der Waals surface area contributed by atoms with Crippen molar-refractivity contribution in [3.63, 3.8) is 0 Å². The monoisotopic (exact) mass is 481 g/mol. The molecule has 0 radical (unpaired) electrons. The van der Waals surface area contributed by atoms with Crippen molar-refractivity contribution in [2.75, 3.05) is 5.32 Å². The van der Waals surface area contributed by atoms with Crippen LogP contribution in [-0.2, 0) is 6.54 Å². The third-order valence-corrected chi connectivity index (χ3v) is 5.54. The molecule has 3 rings (SSSR count). The summed E-state index contributed by atoms with van der Waals surface area (Å²) < 4.78 is 40.3. The Kier molecular flexibility index (Phi) is 5.54. The Balaban J connectivity index is 1.75. The molecule has 1 aromatic carbocycles. The van der Waals surface area contributed by atoms with Gasteiger partial charge in [-0.3, -0.25) is 0 Å². The minimum Gasteiger partial charge on any atom is -0.465 e. The first-order valence-electron chi connectivity index (χ1n) is 8.33. The number of fused-ring (bicyclic) bond motifs is 1. The number of nitrogens with one attached hydrogen (secondary N) is 2. The van der Waals surface area contributed by atoms with Crippen LogP contribution in [0.5, 0.6) is 0 Å². The van der Waals surface area contributed by atoms with E-state index in [0.29, 0.717) is 9.22 Å². The van der Waals surface area contributed by atoms with Gasteiger partial charge in [0.1, 0.15) is 6.54 Å². The lowest BCUT2D eigenvalue weighted by atomic mass is 9.91. The zero-order valence-electron chi connectivity index (χ0n) is 13.8. The average molecular weight is 481 g/mol. The van der Waals surface area contributed by atoms with Crippen molar-refractivity contribution in [2.45, 2.75) is 50.5 Å². The van der Waals surface area contributed by atoms with E-state index in [9.17, 15) is 18.0 Å². The van der Waals surface area contributed by atoms with Gasteiger partial charge in [0.05, 0.1) is 9.22 Å². The van der Waals surface area contributed by atoms with Crippen molar-refractivity contribution in [1.29, 1.82) is 0 Å². The normalized spacial score (nSPS) is 20.9. The summed E-state index contributed by atoms with van der Waals surface area (Å²) >= 11 is 1.93. The fourth-order valence-electron chi connectivity index (χ4n) is 3.49. The van der Waals surface area contributed by atoms with Crippen LogP contribution in [0.15, 0.2) is 24.3 Å². The molecular formula is C17H19F3IN3O2. The maximum atomic E-state index is 12.8. The topological polar surface area (TPSA) is 66.3 Å². The molecule has 0 bridgehead atoms. The van der Waals surface area contributed by atoms with E-state index in [-0.39, 0.29) is 12.1 Å². The second-order valence-electron chi connectivity index (χ2n) is 6.55. The van der Waals surface area contributed by atoms with Gasteiger partial charge in [0.25, 0.3) is 0 Å². The Morgan fingerprint density at radius 3 is 2.50 bits per heavy atom. The van der Waals surface area contributed by atoms with E-state index in [0.717, 1.165) is 36.8 Å². The zero-order chi connectivity index (χ0) is 18.9. The highest BCUT2D eigenvalue weighted by atomic mass is 127. The molecule has 5 nitrogen and oxygen atoms in total. The van der Waals surface area contributed by atoms with E-state index in [4.69, 9.17) is 5.11 Å². The highest BCUT2D eigenvalue weighted by molar-refractivity contribution is 14.1. The van der Waals surface area contributed by atoms with E-state index in [1.807, 2.05) is 28.7 Å². The molecule has 3 N–H and O–H groups in total. The highest BCUT2D eigenvalue weighted by Gasteiger charge is 2.30. The first-order valence-corrected chi connectivity index (χ1v) is 9.41. The van der Waals surface area contributed by atoms with Crippen molar-refractivity contribution in [3.05, 3.63) is 28.0 Å². The number of rotatable bonds is 4. The fraction of sp³-hybridized carbons (Fsp3) is 0.471. The molecule has 9 heteroatoms. The van der Waals surface area contributed by atoms with E-state index >= 15 is 0 Å². The molecule has 0 spiro atoms. The minimum absolute atomic E-state index is 0.0323. The molecule has 1 heterocycles. The molecule has 0 saturated heterocycles. The number of anilines is 1. The Bertz CT molecular complexity index is 798. The Morgan fingerprint density at radius 2 is 1.88 bits per heavy atom. The number of amides is 1. The summed E-state index contributed by atoms with van der Waals surface area (Å²) in [6.45, 7) is -1.01. The van der Waals surface area contributed by atoms with Crippen LogP contribution >= 0.6 is 22.6 Å². The summed E-state index contributed by atoms with van der Waals surface area (Å²) in [7, 11) is 0. The van der Waals surface area contributed by atoms with Crippen LogP contribution in [0.3, 0.4) is 0 Å². The molecule has 142 valence electrons. The van der Waals surface area contributed by atoms with Gasteiger partial charge in [-0.05, 0) is 66.5 Å². The van der Waals surface area contributed by atoms with Crippen molar-refractivity contribution < 1.29 is 23.1 Å². The fourth-order valence-corrected chi connectivity index (χ4v) is 4.24. The first kappa shape index (κ1) is 19.1. The maximum absolute atomic E-state index is 12.8. The summed E-state index contributed by atoms with van der Waals surface area (Å²) in [5.41, 5.74) is 1.37. The summed E-state index contributed by atoms with van der Waals surface area (Å²) in [6.07, 6.45) is -2.18. The predicted molar refractivity (Wildman–Crippen MR) is 102 cm³/mol. The highest BCUT2D eigenvalue weighted by Crippen LogP contribution is 2.32. The van der Waals surface area contributed by atoms with Gasteiger partial charge in [0, 0.05) is 23.2 Å². The maximum Gasteiger partial charge on any atom is 0.406 e. The zero-order valence-corrected chi connectivity index (χ0v) is 16.0. The smallest absolute Gasteiger partial charge is 0.406 e. The number of hydrogen-bond donors (Lipinski definition) is 3. The molecule has 0 unspecified atom stereocenters. The lowest BCUT2D eigenvalue weighted by Gasteiger charge is -2.29. The molecule has 1 amide bonds. The summed E-state index contributed by atoms with van der Waals surface area (Å²) in [5, 5.41) is 15.5. The van der Waals surface area contributed by atoms with E-state index in [1.54, 1.807) is 18.2 Å². The molecule has 1 aliphatic rings. The van der Waals surface area contributed by atoms with Crippen molar-refractivity contribution in [1.82, 2.24) is 9.88 Å². The van der Waals surface area contributed by atoms with Gasteiger partial charge in [0.2, 0.25) is 0 Å². The number of halogens is 4. The lowest BCUT2D eigenvalue weighted by molar-refractivity contribution is -0.140. The average Bonchev–Trinajstić information content (AvgIpc) is 2.84. The third kappa shape index (κ3) is 4.54. The van der Waals surface area contributed by atoms with Crippen molar-refractivity contribution in [2.24, 2.45) is 0 Å². The second kappa shape index (κ2) is 7.53. The quantitative estimate of drug-likeness (QED) is 0.550. The molecule has 1 saturated carbocycles. The Hall–Kier alpha value is -1.65. The van der Waals surface area contributed by atoms with Crippen LogP contribution in [0.25, 0.3) is 10.9 Å². The van der Waals surface area contributed by atoms with Crippen LogP contribution < -0.4 is 10.6 Å². The number of aromatic nitrogens is 1. The van der Waals surface area contributed by atoms with E-state index < -0.39 is 18.8 Å². The van der Waals surface area contributed by atoms with Gasteiger partial charge < -0.3 is 20.3 Å². The number of alkyl halides is 3. The van der Waals surface area contributed by atoms with Gasteiger partial charge in [0.15, 0.2) is 0 Å². The van der Waals surface area contributed by atoms with Crippen LogP contribution in [-0.4, -0.2) is 34.0 Å². The predicted octanol–water partition coefficient (Wildman–Crippen LogP) is 4.80. The summed E-state index contributed by atoms with van der Waals surface area (Å²) in [5.74, 6) is 0. The van der Waals surface area contributed by atoms with Crippen LogP contribution in [0.2, 0.25) is 0 Å². The van der Waals surface area contributed by atoms with Crippen LogP contribution in [0.4, 0.5) is 23.7 Å². The molecular weight excluding hydrogens is 462 g/mol. The second-order valence-corrected chi connectivity index (χ2v) is 7.65. The Morgan fingerprint density at radius 1 is 1.23 bits per heavy atom. The van der Waals surface area contributed by atoms with E-state index in [1.165, 1.54) is 4.57 Å². The van der Waals surface area contributed by atoms with Gasteiger partial charge in [-0.25, -0.2) is 4.79 Å². The first-order chi connectivity index (χ1) is 12.2. The molecule has 0 aliphatic heterocycles. The number of carbonyl (C=O) groups is 1. The number of benzene rings is 1. The number of nitrogens with zero attached hydrogens (tertiary/aromatic N) is 1. The van der Waals surface area contributed by atoms with Crippen molar-refractivity contribution in [3.8, 4) is 0 Å². The standard InChI is InChI=1S/C17H19F3IN3O2/c18-17(19,20)9-24-14-3-1-2-13(12(14)8-15(24)21)22-10-4-6-11(7-5-10)23-16(25)26/h1-3,8,10-11,22-23H,4-7,9H2,(H,25,26). The minimum atomic E-state index is -4.27. The SMILES string of the molecule is O=C(O)NC1CCC(Nc2cccc3c2cc(I)n3CC(F)(F)F)CC1. The van der Waals surface area contributed by atoms with E-state index in [2.05, 4.69) is 10.6 Å². The summed E-state index contributed by atoms with van der Waals surface area (Å²) in [4.78, 5) is 10.7. The third-order valence-electron chi connectivity index (χ3n) is 4.65. The molecule has 0 atom stereocenters. The molecule has 1 aromatic heterocycles. The van der Waals surface area contributed by atoms with Gasteiger partial charge >= 0.3 is 12.3 Å². The molecule has 2 aromatic rings. The van der Waals surface area contributed by atoms with Crippen LogP contribution in [0, 0.1) is 3.70 Å². The lowest BCUT2D eigenvalue weighted by Crippen LogP contribution is -2.39. The van der Waals surface area contributed by atoms with Crippen molar-refractivity contribution >= 4 is 45.3 Å². The largest absolute Gasteiger partial charge is 0.465 e. The molecule has 1 aliphatic carbocycles. The van der Waals surface area contributed by atoms with Gasteiger partial charge in [-0.2, -0.15) is 13.2 Å². The van der Waals surface area contributed by atoms with Crippen LogP contribution in [0.1, 0.15) is 25.7 Å². The number of hydrogen-bond acceptors (Lipinski definition) is 2.